The van der Waals surface area contributed by atoms with Crippen LogP contribution in [0.5, 0.6) is 5.75 Å². The Morgan fingerprint density at radius 2 is 1.62 bits per heavy atom. The molecule has 0 radical (unpaired) electrons. The molecule has 5 nitrogen and oxygen atoms in total. The number of hydrogen-bond acceptors (Lipinski definition) is 3. The maximum Gasteiger partial charge on any atom is 0.224 e. The fourth-order valence-corrected chi connectivity index (χ4v) is 3.30. The summed E-state index contributed by atoms with van der Waals surface area (Å²) in [5.41, 5.74) is 2.16. The van der Waals surface area contributed by atoms with Crippen molar-refractivity contribution in [2.45, 2.75) is 46.2 Å². The van der Waals surface area contributed by atoms with Crippen molar-refractivity contribution in [2.75, 3.05) is 20.2 Å². The van der Waals surface area contributed by atoms with E-state index >= 15 is 0 Å². The van der Waals surface area contributed by atoms with Gasteiger partial charge < -0.3 is 14.5 Å². The van der Waals surface area contributed by atoms with Gasteiger partial charge in [-0.2, -0.15) is 0 Å². The van der Waals surface area contributed by atoms with Crippen molar-refractivity contribution in [1.29, 1.82) is 0 Å². The fourth-order valence-electron chi connectivity index (χ4n) is 3.30. The third kappa shape index (κ3) is 6.93. The van der Waals surface area contributed by atoms with Crippen LogP contribution in [0, 0.1) is 0 Å². The second-order valence-corrected chi connectivity index (χ2v) is 7.42. The average Bonchev–Trinajstić information content (AvgIpc) is 2.72. The minimum atomic E-state index is -0.0214. The molecule has 0 aromatic heterocycles. The Balaban J connectivity index is 1.95. The van der Waals surface area contributed by atoms with E-state index in [1.54, 1.807) is 18.9 Å². The van der Waals surface area contributed by atoms with Gasteiger partial charge in [0.2, 0.25) is 11.8 Å². The van der Waals surface area contributed by atoms with E-state index in [1.807, 2.05) is 73.3 Å². The third-order valence-corrected chi connectivity index (χ3v) is 5.02. The van der Waals surface area contributed by atoms with Crippen molar-refractivity contribution in [3.8, 4) is 5.75 Å². The Morgan fingerprint density at radius 1 is 0.966 bits per heavy atom. The predicted octanol–water partition coefficient (Wildman–Crippen LogP) is 3.91. The maximum absolute atomic E-state index is 12.9. The number of methoxy groups -OCH3 is 1. The van der Waals surface area contributed by atoms with Gasteiger partial charge in [-0.3, -0.25) is 9.59 Å². The first-order chi connectivity index (χ1) is 13.9. The predicted molar refractivity (Wildman–Crippen MR) is 116 cm³/mol. The SMILES string of the molecule is COc1ccccc1CCN(CCC(=O)N(Cc1ccccc1)C(C)C)C(C)=O. The highest BCUT2D eigenvalue weighted by molar-refractivity contribution is 5.78. The number of carbonyl (C=O) groups excluding carboxylic acids is 2. The van der Waals surface area contributed by atoms with Crippen LogP contribution in [0.25, 0.3) is 0 Å². The molecule has 0 unspecified atom stereocenters. The molecule has 0 atom stereocenters. The highest BCUT2D eigenvalue weighted by Crippen LogP contribution is 2.18. The number of para-hydroxylation sites is 1. The molecule has 0 fully saturated rings. The molecule has 0 aliphatic carbocycles. The van der Waals surface area contributed by atoms with Crippen LogP contribution in [0.15, 0.2) is 54.6 Å². The van der Waals surface area contributed by atoms with E-state index in [4.69, 9.17) is 4.74 Å². The number of amides is 2. The van der Waals surface area contributed by atoms with Crippen LogP contribution in [0.3, 0.4) is 0 Å². The zero-order valence-corrected chi connectivity index (χ0v) is 17.9. The molecule has 0 aliphatic heterocycles. The molecule has 0 heterocycles. The monoisotopic (exact) mass is 396 g/mol. The number of rotatable bonds is 10. The number of carbonyl (C=O) groups is 2. The van der Waals surface area contributed by atoms with E-state index in [1.165, 1.54) is 0 Å². The van der Waals surface area contributed by atoms with Crippen LogP contribution in [-0.4, -0.2) is 47.9 Å². The Morgan fingerprint density at radius 3 is 2.24 bits per heavy atom. The van der Waals surface area contributed by atoms with Crippen molar-refractivity contribution in [1.82, 2.24) is 9.80 Å². The van der Waals surface area contributed by atoms with Crippen molar-refractivity contribution >= 4 is 11.8 Å². The second kappa shape index (κ2) is 11.2. The zero-order valence-electron chi connectivity index (χ0n) is 17.9. The number of ether oxygens (including phenoxy) is 1. The summed E-state index contributed by atoms with van der Waals surface area (Å²) in [5.74, 6) is 0.861. The van der Waals surface area contributed by atoms with Gasteiger partial charge in [0.1, 0.15) is 5.75 Å². The maximum atomic E-state index is 12.9. The van der Waals surface area contributed by atoms with Crippen LogP contribution >= 0.6 is 0 Å². The average molecular weight is 397 g/mol. The molecule has 2 aromatic carbocycles. The van der Waals surface area contributed by atoms with Gasteiger partial charge in [0.05, 0.1) is 7.11 Å². The first-order valence-electron chi connectivity index (χ1n) is 10.1. The second-order valence-electron chi connectivity index (χ2n) is 7.42. The van der Waals surface area contributed by atoms with Crippen LogP contribution in [-0.2, 0) is 22.6 Å². The van der Waals surface area contributed by atoms with Crippen LogP contribution in [0.4, 0.5) is 0 Å². The molecule has 0 N–H and O–H groups in total. The van der Waals surface area contributed by atoms with Gasteiger partial charge in [-0.05, 0) is 37.5 Å². The largest absolute Gasteiger partial charge is 0.496 e. The van der Waals surface area contributed by atoms with Crippen molar-refractivity contribution in [2.24, 2.45) is 0 Å². The van der Waals surface area contributed by atoms with E-state index < -0.39 is 0 Å². The van der Waals surface area contributed by atoms with E-state index in [0.29, 0.717) is 32.5 Å². The summed E-state index contributed by atoms with van der Waals surface area (Å²) < 4.78 is 5.39. The smallest absolute Gasteiger partial charge is 0.224 e. The van der Waals surface area contributed by atoms with E-state index in [9.17, 15) is 9.59 Å². The highest BCUT2D eigenvalue weighted by Gasteiger charge is 2.19. The van der Waals surface area contributed by atoms with Crippen molar-refractivity contribution < 1.29 is 14.3 Å². The highest BCUT2D eigenvalue weighted by atomic mass is 16.5. The van der Waals surface area contributed by atoms with Gasteiger partial charge in [-0.15, -0.1) is 0 Å². The molecule has 0 aliphatic rings. The Kier molecular flexibility index (Phi) is 8.71. The number of hydrogen-bond donors (Lipinski definition) is 0. The Bertz CT molecular complexity index is 790. The third-order valence-electron chi connectivity index (χ3n) is 5.02. The molecule has 29 heavy (non-hydrogen) atoms. The summed E-state index contributed by atoms with van der Waals surface area (Å²) >= 11 is 0. The van der Waals surface area contributed by atoms with Gasteiger partial charge >= 0.3 is 0 Å². The van der Waals surface area contributed by atoms with E-state index in [0.717, 1.165) is 16.9 Å². The lowest BCUT2D eigenvalue weighted by Gasteiger charge is -2.28. The van der Waals surface area contributed by atoms with Gasteiger partial charge in [-0.1, -0.05) is 48.5 Å². The molecule has 0 bridgehead atoms. The summed E-state index contributed by atoms with van der Waals surface area (Å²) in [6.45, 7) is 7.15. The summed E-state index contributed by atoms with van der Waals surface area (Å²) in [7, 11) is 1.65. The molecule has 0 saturated heterocycles. The van der Waals surface area contributed by atoms with E-state index in [2.05, 4.69) is 0 Å². The summed E-state index contributed by atoms with van der Waals surface area (Å²) in [6.07, 6.45) is 1.01. The molecule has 0 spiro atoms. The fraction of sp³-hybridized carbons (Fsp3) is 0.417. The summed E-state index contributed by atoms with van der Waals surface area (Å²) in [4.78, 5) is 28.6. The Hall–Kier alpha value is -2.82. The van der Waals surface area contributed by atoms with Crippen molar-refractivity contribution in [3.63, 3.8) is 0 Å². The quantitative estimate of drug-likeness (QED) is 0.612. The number of benzene rings is 2. The molecule has 5 heteroatoms. The van der Waals surface area contributed by atoms with Gasteiger partial charge in [0.25, 0.3) is 0 Å². The zero-order chi connectivity index (χ0) is 21.2. The van der Waals surface area contributed by atoms with Crippen LogP contribution in [0.1, 0.15) is 38.3 Å². The molecule has 2 rings (SSSR count). The lowest BCUT2D eigenvalue weighted by molar-refractivity contribution is -0.135. The normalized spacial score (nSPS) is 10.7. The van der Waals surface area contributed by atoms with E-state index in [-0.39, 0.29) is 17.9 Å². The van der Waals surface area contributed by atoms with Gasteiger partial charge in [0.15, 0.2) is 0 Å². The molecular weight excluding hydrogens is 364 g/mol. The molecule has 2 aromatic rings. The first kappa shape index (κ1) is 22.5. The van der Waals surface area contributed by atoms with Crippen LogP contribution in [0.2, 0.25) is 0 Å². The minimum Gasteiger partial charge on any atom is -0.496 e. The van der Waals surface area contributed by atoms with Crippen LogP contribution < -0.4 is 4.74 Å². The lowest BCUT2D eigenvalue weighted by Crippen LogP contribution is -2.40. The van der Waals surface area contributed by atoms with Gasteiger partial charge in [-0.25, -0.2) is 0 Å². The van der Waals surface area contributed by atoms with Gasteiger partial charge in [0, 0.05) is 39.0 Å². The summed E-state index contributed by atoms with van der Waals surface area (Å²) in [6, 6.07) is 17.9. The summed E-state index contributed by atoms with van der Waals surface area (Å²) in [5, 5.41) is 0. The molecule has 2 amide bonds. The Labute approximate surface area is 174 Å². The first-order valence-corrected chi connectivity index (χ1v) is 10.1. The number of nitrogens with zero attached hydrogens (tertiary/aromatic N) is 2. The lowest BCUT2D eigenvalue weighted by atomic mass is 10.1. The van der Waals surface area contributed by atoms with Crippen molar-refractivity contribution in [3.05, 3.63) is 65.7 Å². The molecule has 0 saturated carbocycles. The standard InChI is InChI=1S/C24H32N2O3/c1-19(2)26(18-21-10-6-5-7-11-21)24(28)15-17-25(20(3)27)16-14-22-12-8-9-13-23(22)29-4/h5-13,19H,14-18H2,1-4H3. The molecular formula is C24H32N2O3. The molecule has 156 valence electrons. The minimum absolute atomic E-state index is 0.0214. The topological polar surface area (TPSA) is 49.9 Å².